The second-order valence-electron chi connectivity index (χ2n) is 5.28. The standard InChI is InChI=1S/C13H27NS/c1-12-4-3-8-14(9-5-12)10-6-13(2)7-11-15/h12-13,15H,3-11H2,1-2H3. The third-order valence-corrected chi connectivity index (χ3v) is 3.93. The van der Waals surface area contributed by atoms with Gasteiger partial charge < -0.3 is 4.90 Å². The minimum atomic E-state index is 0.850. The van der Waals surface area contributed by atoms with E-state index < -0.39 is 0 Å². The van der Waals surface area contributed by atoms with Crippen molar-refractivity contribution in [3.8, 4) is 0 Å². The molecule has 1 aliphatic rings. The van der Waals surface area contributed by atoms with Crippen LogP contribution < -0.4 is 0 Å². The van der Waals surface area contributed by atoms with Gasteiger partial charge in [0, 0.05) is 0 Å². The smallest absolute Gasteiger partial charge is 0.00162 e. The second kappa shape index (κ2) is 7.56. The summed E-state index contributed by atoms with van der Waals surface area (Å²) in [5, 5.41) is 0. The molecule has 2 heteroatoms. The molecule has 2 atom stereocenters. The van der Waals surface area contributed by atoms with Gasteiger partial charge in [-0.1, -0.05) is 13.8 Å². The Balaban J connectivity index is 2.14. The molecular formula is C13H27NS. The summed E-state index contributed by atoms with van der Waals surface area (Å²) < 4.78 is 0. The van der Waals surface area contributed by atoms with E-state index in [4.69, 9.17) is 0 Å². The molecule has 0 aromatic rings. The molecule has 0 spiro atoms. The SMILES string of the molecule is CC(CCS)CCN1CCCC(C)CC1. The summed E-state index contributed by atoms with van der Waals surface area (Å²) in [4.78, 5) is 2.67. The highest BCUT2D eigenvalue weighted by atomic mass is 32.1. The molecule has 0 aromatic carbocycles. The average molecular weight is 229 g/mol. The van der Waals surface area contributed by atoms with Crippen molar-refractivity contribution in [1.82, 2.24) is 4.90 Å². The van der Waals surface area contributed by atoms with Gasteiger partial charge in [0.2, 0.25) is 0 Å². The van der Waals surface area contributed by atoms with Gasteiger partial charge in [0.05, 0.1) is 0 Å². The van der Waals surface area contributed by atoms with Gasteiger partial charge >= 0.3 is 0 Å². The maximum absolute atomic E-state index is 4.30. The van der Waals surface area contributed by atoms with Crippen molar-refractivity contribution < 1.29 is 0 Å². The molecule has 2 unspecified atom stereocenters. The third-order valence-electron chi connectivity index (χ3n) is 3.67. The van der Waals surface area contributed by atoms with Crippen LogP contribution in [-0.2, 0) is 0 Å². The van der Waals surface area contributed by atoms with Crippen LogP contribution in [0.5, 0.6) is 0 Å². The van der Waals surface area contributed by atoms with Crippen LogP contribution in [0.4, 0.5) is 0 Å². The summed E-state index contributed by atoms with van der Waals surface area (Å²) in [6.07, 6.45) is 6.87. The Morgan fingerprint density at radius 1 is 1.27 bits per heavy atom. The maximum atomic E-state index is 4.30. The Kier molecular flexibility index (Phi) is 6.74. The van der Waals surface area contributed by atoms with Gasteiger partial charge in [0.15, 0.2) is 0 Å². The molecule has 15 heavy (non-hydrogen) atoms. The Morgan fingerprint density at radius 3 is 2.80 bits per heavy atom. The molecule has 1 rings (SSSR count). The summed E-state index contributed by atoms with van der Waals surface area (Å²) in [6, 6.07) is 0. The van der Waals surface area contributed by atoms with Crippen LogP contribution in [0.25, 0.3) is 0 Å². The number of nitrogens with zero attached hydrogens (tertiary/aromatic N) is 1. The lowest BCUT2D eigenvalue weighted by Gasteiger charge is -2.21. The molecule has 1 saturated heterocycles. The molecule has 90 valence electrons. The Morgan fingerprint density at radius 2 is 2.07 bits per heavy atom. The fourth-order valence-corrected chi connectivity index (χ4v) is 2.75. The number of hydrogen-bond acceptors (Lipinski definition) is 2. The van der Waals surface area contributed by atoms with Gasteiger partial charge in [-0.15, -0.1) is 0 Å². The molecule has 1 heterocycles. The molecular weight excluding hydrogens is 202 g/mol. The van der Waals surface area contributed by atoms with Crippen LogP contribution >= 0.6 is 12.6 Å². The van der Waals surface area contributed by atoms with Crippen molar-refractivity contribution in [2.45, 2.75) is 46.0 Å². The lowest BCUT2D eigenvalue weighted by molar-refractivity contribution is 0.260. The van der Waals surface area contributed by atoms with Crippen molar-refractivity contribution >= 4 is 12.6 Å². The van der Waals surface area contributed by atoms with E-state index in [1.54, 1.807) is 0 Å². The van der Waals surface area contributed by atoms with Crippen LogP contribution in [0.2, 0.25) is 0 Å². The molecule has 0 bridgehead atoms. The van der Waals surface area contributed by atoms with Crippen molar-refractivity contribution in [3.63, 3.8) is 0 Å². The van der Waals surface area contributed by atoms with Crippen LogP contribution in [0, 0.1) is 11.8 Å². The van der Waals surface area contributed by atoms with E-state index in [9.17, 15) is 0 Å². The normalized spacial score (nSPS) is 26.2. The highest BCUT2D eigenvalue weighted by Crippen LogP contribution is 2.17. The minimum absolute atomic E-state index is 0.850. The van der Waals surface area contributed by atoms with E-state index in [1.807, 2.05) is 0 Å². The van der Waals surface area contributed by atoms with Crippen LogP contribution in [0.15, 0.2) is 0 Å². The summed E-state index contributed by atoms with van der Waals surface area (Å²) >= 11 is 4.30. The van der Waals surface area contributed by atoms with Crippen molar-refractivity contribution in [2.75, 3.05) is 25.4 Å². The summed E-state index contributed by atoms with van der Waals surface area (Å²) in [7, 11) is 0. The first-order chi connectivity index (χ1) is 7.22. The highest BCUT2D eigenvalue weighted by molar-refractivity contribution is 7.80. The van der Waals surface area contributed by atoms with E-state index in [1.165, 1.54) is 51.7 Å². The number of thiol groups is 1. The van der Waals surface area contributed by atoms with Crippen LogP contribution in [0.3, 0.4) is 0 Å². The van der Waals surface area contributed by atoms with E-state index in [2.05, 4.69) is 31.4 Å². The molecule has 1 aliphatic heterocycles. The van der Waals surface area contributed by atoms with E-state index in [-0.39, 0.29) is 0 Å². The fourth-order valence-electron chi connectivity index (χ4n) is 2.31. The van der Waals surface area contributed by atoms with Gasteiger partial charge in [0.25, 0.3) is 0 Å². The molecule has 0 aromatic heterocycles. The van der Waals surface area contributed by atoms with Crippen LogP contribution in [-0.4, -0.2) is 30.3 Å². The Labute approximate surface area is 101 Å². The van der Waals surface area contributed by atoms with E-state index >= 15 is 0 Å². The second-order valence-corrected chi connectivity index (χ2v) is 5.73. The molecule has 0 aliphatic carbocycles. The predicted octanol–water partition coefficient (Wildman–Crippen LogP) is 3.45. The van der Waals surface area contributed by atoms with Gasteiger partial charge in [-0.25, -0.2) is 0 Å². The molecule has 1 fully saturated rings. The lowest BCUT2D eigenvalue weighted by Crippen LogP contribution is -2.27. The predicted molar refractivity (Wildman–Crippen MR) is 71.7 cm³/mol. The zero-order valence-corrected chi connectivity index (χ0v) is 11.3. The maximum Gasteiger partial charge on any atom is -0.00162 e. The first kappa shape index (κ1) is 13.4. The van der Waals surface area contributed by atoms with Gasteiger partial charge in [-0.2, -0.15) is 12.6 Å². The Hall–Kier alpha value is 0.310. The topological polar surface area (TPSA) is 3.24 Å². The summed E-state index contributed by atoms with van der Waals surface area (Å²) in [6.45, 7) is 8.72. The molecule has 0 N–H and O–H groups in total. The molecule has 0 radical (unpaired) electrons. The third kappa shape index (κ3) is 5.82. The van der Waals surface area contributed by atoms with E-state index in [0.29, 0.717) is 0 Å². The highest BCUT2D eigenvalue weighted by Gasteiger charge is 2.13. The van der Waals surface area contributed by atoms with Crippen molar-refractivity contribution in [1.29, 1.82) is 0 Å². The van der Waals surface area contributed by atoms with Gasteiger partial charge in [-0.3, -0.25) is 0 Å². The molecule has 1 nitrogen and oxygen atoms in total. The largest absolute Gasteiger partial charge is 0.303 e. The van der Waals surface area contributed by atoms with E-state index in [0.717, 1.165) is 17.6 Å². The first-order valence-corrected chi connectivity index (χ1v) is 7.19. The van der Waals surface area contributed by atoms with Crippen molar-refractivity contribution in [3.05, 3.63) is 0 Å². The quantitative estimate of drug-likeness (QED) is 0.707. The number of likely N-dealkylation sites (tertiary alicyclic amines) is 1. The van der Waals surface area contributed by atoms with Crippen molar-refractivity contribution in [2.24, 2.45) is 11.8 Å². The minimum Gasteiger partial charge on any atom is -0.303 e. The number of rotatable bonds is 5. The molecule has 0 saturated carbocycles. The summed E-state index contributed by atoms with van der Waals surface area (Å²) in [5.41, 5.74) is 0. The van der Waals surface area contributed by atoms with Gasteiger partial charge in [0.1, 0.15) is 0 Å². The zero-order chi connectivity index (χ0) is 11.1. The first-order valence-electron chi connectivity index (χ1n) is 6.55. The zero-order valence-electron chi connectivity index (χ0n) is 10.4. The average Bonchev–Trinajstić information content (AvgIpc) is 2.41. The monoisotopic (exact) mass is 229 g/mol. The van der Waals surface area contributed by atoms with Gasteiger partial charge in [-0.05, 0) is 69.3 Å². The number of hydrogen-bond donors (Lipinski definition) is 1. The Bertz CT molecular complexity index is 161. The van der Waals surface area contributed by atoms with Crippen LogP contribution in [0.1, 0.15) is 46.0 Å². The summed E-state index contributed by atoms with van der Waals surface area (Å²) in [5.74, 6) is 2.84. The lowest BCUT2D eigenvalue weighted by atomic mass is 10.0. The molecule has 0 amide bonds. The fraction of sp³-hybridized carbons (Fsp3) is 1.00.